The van der Waals surface area contributed by atoms with Crippen LogP contribution in [0.5, 0.6) is 0 Å². The SMILES string of the molecule is O=C(CC1CCC2CC12)Nc1ncc(C2CC2)[nH]1. The van der Waals surface area contributed by atoms with Gasteiger partial charge in [0.15, 0.2) is 0 Å². The zero-order valence-electron chi connectivity index (χ0n) is 10.5. The molecule has 1 amide bonds. The molecule has 3 aliphatic carbocycles. The molecule has 0 saturated heterocycles. The first-order chi connectivity index (χ1) is 8.79. The van der Waals surface area contributed by atoms with Gasteiger partial charge in [0.25, 0.3) is 0 Å². The van der Waals surface area contributed by atoms with Gasteiger partial charge in [-0.1, -0.05) is 0 Å². The fraction of sp³-hybridized carbons (Fsp3) is 0.714. The van der Waals surface area contributed by atoms with Crippen LogP contribution in [0.2, 0.25) is 0 Å². The molecular weight excluding hydrogens is 226 g/mol. The summed E-state index contributed by atoms with van der Waals surface area (Å²) in [4.78, 5) is 19.4. The third-order valence-corrected chi connectivity index (χ3v) is 4.81. The minimum atomic E-state index is 0.129. The number of aromatic amines is 1. The third-order valence-electron chi connectivity index (χ3n) is 4.81. The van der Waals surface area contributed by atoms with Crippen molar-refractivity contribution in [2.24, 2.45) is 17.8 Å². The molecule has 4 heteroatoms. The van der Waals surface area contributed by atoms with Crippen molar-refractivity contribution in [3.63, 3.8) is 0 Å². The van der Waals surface area contributed by atoms with E-state index < -0.39 is 0 Å². The summed E-state index contributed by atoms with van der Waals surface area (Å²) in [5.41, 5.74) is 1.17. The Kier molecular flexibility index (Phi) is 2.26. The molecule has 1 aromatic rings. The number of carbonyl (C=O) groups is 1. The summed E-state index contributed by atoms with van der Waals surface area (Å²) in [6.07, 6.45) is 9.00. The van der Waals surface area contributed by atoms with Crippen LogP contribution in [0.15, 0.2) is 6.20 Å². The van der Waals surface area contributed by atoms with E-state index >= 15 is 0 Å². The summed E-state index contributed by atoms with van der Waals surface area (Å²) in [5, 5.41) is 2.91. The lowest BCUT2D eigenvalue weighted by Gasteiger charge is -2.10. The van der Waals surface area contributed by atoms with Crippen LogP contribution in [0.1, 0.15) is 50.1 Å². The summed E-state index contributed by atoms with van der Waals surface area (Å²) in [6.45, 7) is 0. The van der Waals surface area contributed by atoms with Crippen LogP contribution in [0.25, 0.3) is 0 Å². The highest BCUT2D eigenvalue weighted by atomic mass is 16.1. The Labute approximate surface area is 107 Å². The number of aromatic nitrogens is 2. The number of nitrogens with zero attached hydrogens (tertiary/aromatic N) is 1. The van der Waals surface area contributed by atoms with Crippen molar-refractivity contribution in [2.45, 2.75) is 44.4 Å². The molecule has 2 N–H and O–H groups in total. The number of fused-ring (bicyclic) bond motifs is 1. The van der Waals surface area contributed by atoms with Crippen LogP contribution >= 0.6 is 0 Å². The molecule has 3 unspecified atom stereocenters. The number of hydrogen-bond acceptors (Lipinski definition) is 2. The number of rotatable bonds is 4. The third kappa shape index (κ3) is 1.93. The number of imidazole rings is 1. The second-order valence-electron chi connectivity index (χ2n) is 6.21. The molecule has 3 saturated carbocycles. The summed E-state index contributed by atoms with van der Waals surface area (Å²) >= 11 is 0. The molecule has 0 bridgehead atoms. The van der Waals surface area contributed by atoms with Crippen LogP contribution in [0, 0.1) is 17.8 Å². The molecule has 3 aliphatic rings. The molecule has 0 radical (unpaired) electrons. The highest BCUT2D eigenvalue weighted by Gasteiger charge is 2.48. The van der Waals surface area contributed by atoms with Gasteiger partial charge in [-0.25, -0.2) is 4.98 Å². The second kappa shape index (κ2) is 3.84. The van der Waals surface area contributed by atoms with Gasteiger partial charge in [0.1, 0.15) is 0 Å². The quantitative estimate of drug-likeness (QED) is 0.856. The van der Waals surface area contributed by atoms with Gasteiger partial charge in [-0.15, -0.1) is 0 Å². The molecule has 4 rings (SSSR count). The largest absolute Gasteiger partial charge is 0.328 e. The zero-order chi connectivity index (χ0) is 12.1. The number of hydrogen-bond donors (Lipinski definition) is 2. The van der Waals surface area contributed by atoms with E-state index in [1.54, 1.807) is 0 Å². The van der Waals surface area contributed by atoms with Crippen molar-refractivity contribution in [2.75, 3.05) is 5.32 Å². The average molecular weight is 245 g/mol. The predicted molar refractivity (Wildman–Crippen MR) is 68.1 cm³/mol. The Morgan fingerprint density at radius 2 is 2.28 bits per heavy atom. The molecule has 3 fully saturated rings. The van der Waals surface area contributed by atoms with E-state index in [1.807, 2.05) is 6.20 Å². The summed E-state index contributed by atoms with van der Waals surface area (Å²) in [5.74, 6) is 3.86. The van der Waals surface area contributed by atoms with Crippen molar-refractivity contribution >= 4 is 11.9 Å². The highest BCUT2D eigenvalue weighted by molar-refractivity contribution is 5.89. The fourth-order valence-electron chi connectivity index (χ4n) is 3.50. The standard InChI is InChI=1S/C14H19N3O/c18-13(6-10-4-3-9-5-11(9)10)17-14-15-7-12(16-14)8-1-2-8/h7-11H,1-6H2,(H2,15,16,17,18). The van der Waals surface area contributed by atoms with E-state index in [9.17, 15) is 4.79 Å². The van der Waals surface area contributed by atoms with Gasteiger partial charge in [0.2, 0.25) is 11.9 Å². The molecule has 1 aromatic heterocycles. The number of carbonyl (C=O) groups excluding carboxylic acids is 1. The van der Waals surface area contributed by atoms with Crippen LogP contribution in [-0.2, 0) is 4.79 Å². The summed E-state index contributed by atoms with van der Waals surface area (Å²) < 4.78 is 0. The van der Waals surface area contributed by atoms with Gasteiger partial charge >= 0.3 is 0 Å². The second-order valence-corrected chi connectivity index (χ2v) is 6.21. The molecule has 4 nitrogen and oxygen atoms in total. The highest BCUT2D eigenvalue weighted by Crippen LogP contribution is 2.56. The van der Waals surface area contributed by atoms with E-state index in [1.165, 1.54) is 37.8 Å². The molecule has 96 valence electrons. The summed E-state index contributed by atoms with van der Waals surface area (Å²) in [7, 11) is 0. The van der Waals surface area contributed by atoms with Crippen LogP contribution < -0.4 is 5.32 Å². The van der Waals surface area contributed by atoms with Crippen LogP contribution in [-0.4, -0.2) is 15.9 Å². The molecule has 3 atom stereocenters. The van der Waals surface area contributed by atoms with Gasteiger partial charge in [-0.3, -0.25) is 10.1 Å². The monoisotopic (exact) mass is 245 g/mol. The molecular formula is C14H19N3O. The fourth-order valence-corrected chi connectivity index (χ4v) is 3.50. The van der Waals surface area contributed by atoms with Crippen molar-refractivity contribution in [3.05, 3.63) is 11.9 Å². The number of nitrogens with one attached hydrogen (secondary N) is 2. The topological polar surface area (TPSA) is 57.8 Å². The Hall–Kier alpha value is -1.32. The number of H-pyrrole nitrogens is 1. The Morgan fingerprint density at radius 1 is 1.39 bits per heavy atom. The van der Waals surface area contributed by atoms with Crippen LogP contribution in [0.4, 0.5) is 5.95 Å². The molecule has 1 heterocycles. The van der Waals surface area contributed by atoms with Crippen molar-refractivity contribution in [1.29, 1.82) is 0 Å². The van der Waals surface area contributed by atoms with Gasteiger partial charge in [-0.05, 0) is 49.9 Å². The number of amides is 1. The van der Waals surface area contributed by atoms with E-state index in [-0.39, 0.29) is 5.91 Å². The Morgan fingerprint density at radius 3 is 2.94 bits per heavy atom. The van der Waals surface area contributed by atoms with E-state index in [2.05, 4.69) is 15.3 Å². The lowest BCUT2D eigenvalue weighted by Crippen LogP contribution is -2.17. The van der Waals surface area contributed by atoms with Crippen molar-refractivity contribution < 1.29 is 4.79 Å². The molecule has 0 aliphatic heterocycles. The zero-order valence-corrected chi connectivity index (χ0v) is 10.5. The van der Waals surface area contributed by atoms with Crippen molar-refractivity contribution in [3.8, 4) is 0 Å². The van der Waals surface area contributed by atoms with E-state index in [0.717, 1.165) is 11.8 Å². The van der Waals surface area contributed by atoms with Gasteiger partial charge < -0.3 is 4.98 Å². The normalized spacial score (nSPS) is 33.2. The van der Waals surface area contributed by atoms with Crippen molar-refractivity contribution in [1.82, 2.24) is 9.97 Å². The maximum Gasteiger partial charge on any atom is 0.226 e. The number of anilines is 1. The predicted octanol–water partition coefficient (Wildman–Crippen LogP) is 2.66. The Balaban J connectivity index is 1.33. The van der Waals surface area contributed by atoms with Crippen LogP contribution in [0.3, 0.4) is 0 Å². The first-order valence-electron chi connectivity index (χ1n) is 7.14. The first kappa shape index (κ1) is 10.6. The first-order valence-corrected chi connectivity index (χ1v) is 7.14. The molecule has 0 spiro atoms. The average Bonchev–Trinajstić information content (AvgIpc) is 3.26. The lowest BCUT2D eigenvalue weighted by molar-refractivity contribution is -0.117. The molecule has 18 heavy (non-hydrogen) atoms. The smallest absolute Gasteiger partial charge is 0.226 e. The maximum atomic E-state index is 12.0. The molecule has 0 aromatic carbocycles. The van der Waals surface area contributed by atoms with Gasteiger partial charge in [0, 0.05) is 18.0 Å². The Bertz CT molecular complexity index is 477. The minimum Gasteiger partial charge on any atom is -0.328 e. The summed E-state index contributed by atoms with van der Waals surface area (Å²) in [6, 6.07) is 0. The van der Waals surface area contributed by atoms with E-state index in [4.69, 9.17) is 0 Å². The van der Waals surface area contributed by atoms with Gasteiger partial charge in [0.05, 0.1) is 6.20 Å². The van der Waals surface area contributed by atoms with E-state index in [0.29, 0.717) is 24.2 Å². The maximum absolute atomic E-state index is 12.0. The van der Waals surface area contributed by atoms with Gasteiger partial charge in [-0.2, -0.15) is 0 Å². The lowest BCUT2D eigenvalue weighted by atomic mass is 9.99. The minimum absolute atomic E-state index is 0.129.